The second-order valence-corrected chi connectivity index (χ2v) is 9.49. The van der Waals surface area contributed by atoms with Crippen LogP contribution >= 0.6 is 11.6 Å². The Labute approximate surface area is 185 Å². The molecule has 0 saturated heterocycles. The van der Waals surface area contributed by atoms with Gasteiger partial charge in [-0.1, -0.05) is 42.8 Å². The first kappa shape index (κ1) is 25.0. The topological polar surface area (TPSA) is 66.5 Å². The first-order chi connectivity index (χ1) is 14.3. The Bertz CT molecular complexity index is 1040. The summed E-state index contributed by atoms with van der Waals surface area (Å²) in [5.41, 5.74) is 0.454. The van der Waals surface area contributed by atoms with Gasteiger partial charge in [-0.3, -0.25) is 9.10 Å². The van der Waals surface area contributed by atoms with Crippen LogP contribution in [-0.4, -0.2) is 26.6 Å². The van der Waals surface area contributed by atoms with Crippen molar-refractivity contribution in [2.24, 2.45) is 0 Å². The number of carbonyl (C=O) groups excluding carboxylic acids is 1. The van der Waals surface area contributed by atoms with Gasteiger partial charge in [0.2, 0.25) is 15.9 Å². The van der Waals surface area contributed by atoms with E-state index in [0.29, 0.717) is 10.4 Å². The third-order valence-corrected chi connectivity index (χ3v) is 6.42. The van der Waals surface area contributed by atoms with Crippen LogP contribution in [0.25, 0.3) is 0 Å². The normalized spacial score (nSPS) is 14.1. The quantitative estimate of drug-likeness (QED) is 0.614. The van der Waals surface area contributed by atoms with Gasteiger partial charge in [-0.2, -0.15) is 13.2 Å². The molecule has 1 N–H and O–H groups in total. The van der Waals surface area contributed by atoms with Crippen molar-refractivity contribution in [3.63, 3.8) is 0 Å². The Hall–Kier alpha value is -2.26. The molecule has 2 rings (SSSR count). The minimum Gasteiger partial charge on any atom is -0.348 e. The second kappa shape index (κ2) is 9.48. The highest BCUT2D eigenvalue weighted by Crippen LogP contribution is 2.37. The molecule has 0 aliphatic carbocycles. The summed E-state index contributed by atoms with van der Waals surface area (Å²) in [6.07, 6.45) is -3.09. The monoisotopic (exact) mass is 476 g/mol. The number of sulfonamides is 1. The molecule has 170 valence electrons. The third kappa shape index (κ3) is 6.13. The lowest BCUT2D eigenvalue weighted by atomic mass is 10.0. The lowest BCUT2D eigenvalue weighted by Crippen LogP contribution is -2.48. The Morgan fingerprint density at radius 2 is 1.71 bits per heavy atom. The van der Waals surface area contributed by atoms with Gasteiger partial charge in [-0.15, -0.1) is 0 Å². The fourth-order valence-corrected chi connectivity index (χ4v) is 4.53. The van der Waals surface area contributed by atoms with Crippen LogP contribution < -0.4 is 9.62 Å². The van der Waals surface area contributed by atoms with E-state index >= 15 is 0 Å². The van der Waals surface area contributed by atoms with E-state index in [1.807, 2.05) is 31.2 Å². The maximum absolute atomic E-state index is 13.2. The summed E-state index contributed by atoms with van der Waals surface area (Å²) in [4.78, 5) is 12.8. The molecule has 5 nitrogen and oxygen atoms in total. The largest absolute Gasteiger partial charge is 0.417 e. The summed E-state index contributed by atoms with van der Waals surface area (Å²) < 4.78 is 65.1. The SMILES string of the molecule is CCc1ccc([C@H](C)NC(=O)[C@H](C)N(c2ccc(Cl)c(C(F)(F)F)c2)S(C)(=O)=O)cc1. The number of amides is 1. The molecule has 2 atom stereocenters. The van der Waals surface area contributed by atoms with Crippen molar-refractivity contribution >= 4 is 33.2 Å². The van der Waals surface area contributed by atoms with Crippen molar-refractivity contribution < 1.29 is 26.4 Å². The number of nitrogens with one attached hydrogen (secondary N) is 1. The van der Waals surface area contributed by atoms with Gasteiger partial charge in [0.05, 0.1) is 28.6 Å². The third-order valence-electron chi connectivity index (χ3n) is 4.85. The van der Waals surface area contributed by atoms with Gasteiger partial charge in [0, 0.05) is 0 Å². The summed E-state index contributed by atoms with van der Waals surface area (Å²) >= 11 is 5.63. The molecule has 0 aromatic heterocycles. The number of hydrogen-bond acceptors (Lipinski definition) is 3. The standard InChI is InChI=1S/C21H24ClF3N2O3S/c1-5-15-6-8-16(9-7-15)13(2)26-20(28)14(3)27(31(4,29)30)17-10-11-19(22)18(12-17)21(23,24)25/h6-14H,5H2,1-4H3,(H,26,28)/t13-,14-/m0/s1. The van der Waals surface area contributed by atoms with Gasteiger partial charge in [-0.05, 0) is 49.6 Å². The lowest BCUT2D eigenvalue weighted by Gasteiger charge is -2.30. The van der Waals surface area contributed by atoms with Crippen LogP contribution in [0.2, 0.25) is 5.02 Å². The Balaban J connectivity index is 2.33. The van der Waals surface area contributed by atoms with Crippen LogP contribution in [0, 0.1) is 0 Å². The molecule has 2 aromatic carbocycles. The van der Waals surface area contributed by atoms with Gasteiger partial charge < -0.3 is 5.32 Å². The summed E-state index contributed by atoms with van der Waals surface area (Å²) in [7, 11) is -4.08. The number of aryl methyl sites for hydroxylation is 1. The average molecular weight is 477 g/mol. The molecule has 0 unspecified atom stereocenters. The van der Waals surface area contributed by atoms with Crippen LogP contribution in [-0.2, 0) is 27.4 Å². The van der Waals surface area contributed by atoms with Gasteiger partial charge in [-0.25, -0.2) is 8.42 Å². The van der Waals surface area contributed by atoms with Gasteiger partial charge in [0.1, 0.15) is 6.04 Å². The molecular formula is C21H24ClF3N2O3S. The maximum Gasteiger partial charge on any atom is 0.417 e. The van der Waals surface area contributed by atoms with Crippen molar-refractivity contribution in [1.29, 1.82) is 0 Å². The number of rotatable bonds is 7. The van der Waals surface area contributed by atoms with Crippen LogP contribution in [0.4, 0.5) is 18.9 Å². The highest BCUT2D eigenvalue weighted by Gasteiger charge is 2.36. The zero-order valence-corrected chi connectivity index (χ0v) is 19.1. The van der Waals surface area contributed by atoms with E-state index in [-0.39, 0.29) is 5.69 Å². The molecular weight excluding hydrogens is 453 g/mol. The summed E-state index contributed by atoms with van der Waals surface area (Å²) in [6.45, 7) is 5.06. The number of anilines is 1. The smallest absolute Gasteiger partial charge is 0.348 e. The zero-order valence-electron chi connectivity index (χ0n) is 17.5. The Morgan fingerprint density at radius 1 is 1.13 bits per heavy atom. The van der Waals surface area contributed by atoms with E-state index in [1.54, 1.807) is 6.92 Å². The number of hydrogen-bond donors (Lipinski definition) is 1. The summed E-state index contributed by atoms with van der Waals surface area (Å²) in [5.74, 6) is -0.652. The van der Waals surface area contributed by atoms with E-state index in [0.717, 1.165) is 35.9 Å². The van der Waals surface area contributed by atoms with Crippen molar-refractivity contribution in [2.45, 2.75) is 45.5 Å². The van der Waals surface area contributed by atoms with Crippen LogP contribution in [0.15, 0.2) is 42.5 Å². The molecule has 0 aliphatic rings. The van der Waals surface area contributed by atoms with Crippen LogP contribution in [0.3, 0.4) is 0 Å². The predicted molar refractivity (Wildman–Crippen MR) is 116 cm³/mol. The zero-order chi connectivity index (χ0) is 23.6. The predicted octanol–water partition coefficient (Wildman–Crippen LogP) is 4.95. The minimum absolute atomic E-state index is 0.304. The molecule has 0 fully saturated rings. The van der Waals surface area contributed by atoms with Crippen molar-refractivity contribution in [2.75, 3.05) is 10.6 Å². The van der Waals surface area contributed by atoms with Crippen molar-refractivity contribution in [3.05, 3.63) is 64.2 Å². The number of halogens is 4. The highest BCUT2D eigenvalue weighted by atomic mass is 35.5. The van der Waals surface area contributed by atoms with E-state index in [2.05, 4.69) is 5.32 Å². The molecule has 10 heteroatoms. The van der Waals surface area contributed by atoms with Gasteiger partial charge >= 0.3 is 6.18 Å². The molecule has 1 amide bonds. The number of carbonyl (C=O) groups is 1. The van der Waals surface area contributed by atoms with E-state index < -0.39 is 44.8 Å². The van der Waals surface area contributed by atoms with E-state index in [4.69, 9.17) is 11.6 Å². The molecule has 0 aliphatic heterocycles. The first-order valence-corrected chi connectivity index (χ1v) is 11.7. The Kier molecular flexibility index (Phi) is 7.65. The maximum atomic E-state index is 13.2. The van der Waals surface area contributed by atoms with Crippen molar-refractivity contribution in [1.82, 2.24) is 5.32 Å². The fourth-order valence-electron chi connectivity index (χ4n) is 3.14. The van der Waals surface area contributed by atoms with Crippen LogP contribution in [0.5, 0.6) is 0 Å². The Morgan fingerprint density at radius 3 is 2.19 bits per heavy atom. The molecule has 0 radical (unpaired) electrons. The van der Waals surface area contributed by atoms with Crippen LogP contribution in [0.1, 0.15) is 43.5 Å². The number of benzene rings is 2. The highest BCUT2D eigenvalue weighted by molar-refractivity contribution is 7.92. The second-order valence-electron chi connectivity index (χ2n) is 7.22. The van der Waals surface area contributed by atoms with E-state index in [1.165, 1.54) is 6.92 Å². The fraction of sp³-hybridized carbons (Fsp3) is 0.381. The first-order valence-electron chi connectivity index (χ1n) is 9.51. The molecule has 2 aromatic rings. The number of nitrogens with zero attached hydrogens (tertiary/aromatic N) is 1. The average Bonchev–Trinajstić information content (AvgIpc) is 2.67. The summed E-state index contributed by atoms with van der Waals surface area (Å²) in [6, 6.07) is 8.56. The lowest BCUT2D eigenvalue weighted by molar-refractivity contribution is -0.137. The molecule has 0 saturated carbocycles. The van der Waals surface area contributed by atoms with Gasteiger partial charge in [0.15, 0.2) is 0 Å². The van der Waals surface area contributed by atoms with Crippen molar-refractivity contribution in [3.8, 4) is 0 Å². The minimum atomic E-state index is -4.78. The molecule has 0 spiro atoms. The number of alkyl halides is 3. The van der Waals surface area contributed by atoms with E-state index in [9.17, 15) is 26.4 Å². The molecule has 0 heterocycles. The molecule has 31 heavy (non-hydrogen) atoms. The summed E-state index contributed by atoms with van der Waals surface area (Å²) in [5, 5.41) is 2.15. The van der Waals surface area contributed by atoms with Gasteiger partial charge in [0.25, 0.3) is 0 Å². The molecule has 0 bridgehead atoms.